The molecule has 1 saturated heterocycles. The smallest absolute Gasteiger partial charge is 0.340 e. The molecule has 1 aromatic rings. The first-order valence-corrected chi connectivity index (χ1v) is 9.82. The van der Waals surface area contributed by atoms with E-state index in [1.165, 1.54) is 0 Å². The third-order valence-electron chi connectivity index (χ3n) is 5.25. The van der Waals surface area contributed by atoms with Gasteiger partial charge in [0, 0.05) is 24.3 Å². The van der Waals surface area contributed by atoms with Gasteiger partial charge >= 0.3 is 5.97 Å². The zero-order chi connectivity index (χ0) is 19.3. The largest absolute Gasteiger partial charge is 0.462 e. The van der Waals surface area contributed by atoms with Gasteiger partial charge in [0.15, 0.2) is 6.04 Å². The lowest BCUT2D eigenvalue weighted by Gasteiger charge is -2.37. The van der Waals surface area contributed by atoms with Crippen LogP contribution in [-0.2, 0) is 9.53 Å². The average molecular weight is 382 g/mol. The lowest BCUT2D eigenvalue weighted by Crippen LogP contribution is -2.55. The van der Waals surface area contributed by atoms with Gasteiger partial charge in [-0.3, -0.25) is 4.79 Å². The predicted molar refractivity (Wildman–Crippen MR) is 105 cm³/mol. The summed E-state index contributed by atoms with van der Waals surface area (Å²) in [4.78, 5) is 25.5. The zero-order valence-electron chi connectivity index (χ0n) is 16.2. The Morgan fingerprint density at radius 2 is 1.92 bits per heavy atom. The van der Waals surface area contributed by atoms with Crippen LogP contribution in [0.15, 0.2) is 12.1 Å². The number of amides is 1. The molecule has 144 valence electrons. The highest BCUT2D eigenvalue weighted by molar-refractivity contribution is 6.31. The summed E-state index contributed by atoms with van der Waals surface area (Å²) in [7, 11) is 2.16. The number of carbonyl (C=O) groups excluding carboxylic acids is 2. The summed E-state index contributed by atoms with van der Waals surface area (Å²) in [5.41, 5.74) is 1.57. The highest BCUT2D eigenvalue weighted by atomic mass is 35.5. The van der Waals surface area contributed by atoms with E-state index in [2.05, 4.69) is 19.3 Å². The maximum Gasteiger partial charge on any atom is 0.340 e. The molecule has 1 atom stereocenters. The number of rotatable bonds is 7. The van der Waals surface area contributed by atoms with Crippen LogP contribution in [0, 0.1) is 6.92 Å². The first kappa shape index (κ1) is 20.7. The second-order valence-corrected chi connectivity index (χ2v) is 7.73. The number of ether oxygens (including phenoxy) is 1. The standard InChI is InChI=1S/C20H29ClN2O3/c1-5-9-17(23(4)10-7-8-11-23)19(24)22-18-14(3)12-15(21)13-16(18)20(25)26-6-2/h12-13,17H,5-11H2,1-4H3/p+1. The monoisotopic (exact) mass is 381 g/mol. The quantitative estimate of drug-likeness (QED) is 0.569. The van der Waals surface area contributed by atoms with E-state index in [0.717, 1.165) is 48.8 Å². The molecule has 0 aromatic heterocycles. The Labute approximate surface area is 161 Å². The molecule has 1 heterocycles. The molecule has 0 saturated carbocycles. The molecule has 0 spiro atoms. The fraction of sp³-hybridized carbons (Fsp3) is 0.600. The Hall–Kier alpha value is -1.59. The first-order chi connectivity index (χ1) is 12.3. The normalized spacial score (nSPS) is 17.0. The molecule has 26 heavy (non-hydrogen) atoms. The van der Waals surface area contributed by atoms with Gasteiger partial charge in [0.05, 0.1) is 38.0 Å². The Bertz CT molecular complexity index is 669. The lowest BCUT2D eigenvalue weighted by molar-refractivity contribution is -0.913. The van der Waals surface area contributed by atoms with Crippen LogP contribution in [0.25, 0.3) is 0 Å². The summed E-state index contributed by atoms with van der Waals surface area (Å²) in [5, 5.41) is 3.47. The highest BCUT2D eigenvalue weighted by Crippen LogP contribution is 2.29. The summed E-state index contributed by atoms with van der Waals surface area (Å²) in [6, 6.07) is 3.19. The van der Waals surface area contributed by atoms with Crippen LogP contribution in [0.5, 0.6) is 0 Å². The topological polar surface area (TPSA) is 55.4 Å². The van der Waals surface area contributed by atoms with E-state index in [0.29, 0.717) is 16.3 Å². The van der Waals surface area contributed by atoms with E-state index in [1.807, 2.05) is 6.92 Å². The predicted octanol–water partition coefficient (Wildman–Crippen LogP) is 4.17. The fourth-order valence-corrected chi connectivity index (χ4v) is 4.13. The number of likely N-dealkylation sites (tertiary alicyclic amines) is 1. The number of halogens is 1. The highest BCUT2D eigenvalue weighted by Gasteiger charge is 2.40. The summed E-state index contributed by atoms with van der Waals surface area (Å²) in [6.07, 6.45) is 4.07. The number of esters is 1. The van der Waals surface area contributed by atoms with Crippen molar-refractivity contribution in [1.82, 2.24) is 0 Å². The number of anilines is 1. The zero-order valence-corrected chi connectivity index (χ0v) is 17.0. The molecule has 1 fully saturated rings. The van der Waals surface area contributed by atoms with Crippen molar-refractivity contribution >= 4 is 29.2 Å². The molecule has 0 aliphatic carbocycles. The molecule has 2 rings (SSSR count). The minimum Gasteiger partial charge on any atom is -0.462 e. The molecule has 6 heteroatoms. The van der Waals surface area contributed by atoms with E-state index < -0.39 is 5.97 Å². The summed E-state index contributed by atoms with van der Waals surface area (Å²) in [6.45, 7) is 7.99. The van der Waals surface area contributed by atoms with Crippen LogP contribution in [0.4, 0.5) is 5.69 Å². The second-order valence-electron chi connectivity index (χ2n) is 7.29. The minimum atomic E-state index is -0.470. The molecular weight excluding hydrogens is 352 g/mol. The van der Waals surface area contributed by atoms with E-state index in [-0.39, 0.29) is 18.6 Å². The molecule has 1 aliphatic rings. The van der Waals surface area contributed by atoms with Gasteiger partial charge in [-0.15, -0.1) is 0 Å². The molecule has 0 bridgehead atoms. The van der Waals surface area contributed by atoms with Gasteiger partial charge in [-0.25, -0.2) is 4.79 Å². The Balaban J connectivity index is 2.33. The lowest BCUT2D eigenvalue weighted by atomic mass is 10.0. The Kier molecular flexibility index (Phi) is 7.07. The van der Waals surface area contributed by atoms with E-state index >= 15 is 0 Å². The molecule has 1 unspecified atom stereocenters. The molecule has 1 aliphatic heterocycles. The van der Waals surface area contributed by atoms with Crippen LogP contribution >= 0.6 is 11.6 Å². The second kappa shape index (κ2) is 8.87. The molecule has 1 N–H and O–H groups in total. The molecule has 5 nitrogen and oxygen atoms in total. The van der Waals surface area contributed by atoms with Crippen molar-refractivity contribution in [3.63, 3.8) is 0 Å². The third kappa shape index (κ3) is 4.57. The summed E-state index contributed by atoms with van der Waals surface area (Å²) < 4.78 is 5.90. The van der Waals surface area contributed by atoms with Crippen LogP contribution in [-0.4, -0.2) is 49.1 Å². The van der Waals surface area contributed by atoms with Gasteiger partial charge in [0.25, 0.3) is 5.91 Å². The Morgan fingerprint density at radius 3 is 2.50 bits per heavy atom. The number of hydrogen-bond acceptors (Lipinski definition) is 3. The maximum absolute atomic E-state index is 13.2. The number of nitrogens with one attached hydrogen (secondary N) is 1. The number of benzene rings is 1. The van der Waals surface area contributed by atoms with Gasteiger partial charge < -0.3 is 14.5 Å². The maximum atomic E-state index is 13.2. The van der Waals surface area contributed by atoms with Gasteiger partial charge in [0.2, 0.25) is 0 Å². The minimum absolute atomic E-state index is 0.0350. The number of hydrogen-bond donors (Lipinski definition) is 1. The number of quaternary nitrogens is 1. The van der Waals surface area contributed by atoms with Crippen molar-refractivity contribution < 1.29 is 18.8 Å². The molecular formula is C20H30ClN2O3+. The van der Waals surface area contributed by atoms with Crippen LogP contribution in [0.1, 0.15) is 55.5 Å². The van der Waals surface area contributed by atoms with Crippen LogP contribution in [0.3, 0.4) is 0 Å². The van der Waals surface area contributed by atoms with Crippen molar-refractivity contribution in [3.8, 4) is 0 Å². The van der Waals surface area contributed by atoms with Crippen molar-refractivity contribution in [2.24, 2.45) is 0 Å². The number of nitrogens with zero attached hydrogens (tertiary/aromatic N) is 1. The van der Waals surface area contributed by atoms with Crippen LogP contribution < -0.4 is 5.32 Å². The molecule has 1 aromatic carbocycles. The van der Waals surface area contributed by atoms with E-state index in [1.54, 1.807) is 19.1 Å². The average Bonchev–Trinajstić information content (AvgIpc) is 3.02. The SMILES string of the molecule is CCCC(C(=O)Nc1c(C)cc(Cl)cc1C(=O)OCC)[N+]1(C)CCCC1. The fourth-order valence-electron chi connectivity index (χ4n) is 3.85. The van der Waals surface area contributed by atoms with Crippen molar-refractivity contribution in [3.05, 3.63) is 28.3 Å². The van der Waals surface area contributed by atoms with Crippen molar-refractivity contribution in [2.45, 2.75) is 52.5 Å². The molecule has 1 amide bonds. The van der Waals surface area contributed by atoms with Gasteiger partial charge in [-0.05, 0) is 38.0 Å². The third-order valence-corrected chi connectivity index (χ3v) is 5.47. The number of likely N-dealkylation sites (N-methyl/N-ethyl adjacent to an activating group) is 1. The van der Waals surface area contributed by atoms with Gasteiger partial charge in [-0.2, -0.15) is 0 Å². The van der Waals surface area contributed by atoms with Gasteiger partial charge in [0.1, 0.15) is 0 Å². The van der Waals surface area contributed by atoms with E-state index in [4.69, 9.17) is 16.3 Å². The van der Waals surface area contributed by atoms with Gasteiger partial charge in [-0.1, -0.05) is 18.5 Å². The number of carbonyl (C=O) groups is 2. The summed E-state index contributed by atoms with van der Waals surface area (Å²) >= 11 is 6.12. The Morgan fingerprint density at radius 1 is 1.27 bits per heavy atom. The van der Waals surface area contributed by atoms with Crippen molar-refractivity contribution in [2.75, 3.05) is 32.1 Å². The van der Waals surface area contributed by atoms with Crippen LogP contribution in [0.2, 0.25) is 5.02 Å². The number of aryl methyl sites for hydroxylation is 1. The summed E-state index contributed by atoms with van der Waals surface area (Å²) in [5.74, 6) is -0.505. The molecule has 0 radical (unpaired) electrons. The van der Waals surface area contributed by atoms with Crippen molar-refractivity contribution in [1.29, 1.82) is 0 Å². The van der Waals surface area contributed by atoms with E-state index in [9.17, 15) is 9.59 Å². The first-order valence-electron chi connectivity index (χ1n) is 9.44.